The third-order valence-corrected chi connectivity index (χ3v) is 5.56. The molecular formula is C18H32N4O. The van der Waals surface area contributed by atoms with Crippen LogP contribution in [-0.2, 0) is 6.54 Å². The molecular weight excluding hydrogens is 288 g/mol. The van der Waals surface area contributed by atoms with Crippen LogP contribution in [0.25, 0.3) is 0 Å². The summed E-state index contributed by atoms with van der Waals surface area (Å²) in [4.78, 5) is 2.54. The molecule has 0 amide bonds. The lowest BCUT2D eigenvalue weighted by Crippen LogP contribution is -2.52. The lowest BCUT2D eigenvalue weighted by Gasteiger charge is -2.42. The number of aromatic nitrogens is 2. The van der Waals surface area contributed by atoms with E-state index in [0.29, 0.717) is 18.1 Å². The number of hydrogen-bond donors (Lipinski definition) is 2. The van der Waals surface area contributed by atoms with Crippen LogP contribution in [0.2, 0.25) is 0 Å². The largest absolute Gasteiger partial charge is 0.391 e. The standard InChI is InChI=1S/C18H32N4O/c1-15(7-14-22-11-4-10-19-22)20-16-8-12-21(13-9-16)17-5-2-3-6-18(17)23/h4,10-11,15-18,20,23H,2-3,5-9,12-14H2,1H3. The molecule has 5 nitrogen and oxygen atoms in total. The normalized spacial score (nSPS) is 28.8. The average Bonchev–Trinajstić information content (AvgIpc) is 3.08. The first-order valence-electron chi connectivity index (χ1n) is 9.38. The molecule has 3 unspecified atom stereocenters. The van der Waals surface area contributed by atoms with E-state index in [0.717, 1.165) is 32.5 Å². The molecule has 2 heterocycles. The smallest absolute Gasteiger partial charge is 0.0695 e. The Hall–Kier alpha value is -0.910. The van der Waals surface area contributed by atoms with Crippen molar-refractivity contribution in [3.8, 4) is 0 Å². The Bertz CT molecular complexity index is 442. The summed E-state index contributed by atoms with van der Waals surface area (Å²) in [6, 6.07) is 3.55. The molecule has 1 aliphatic carbocycles. The van der Waals surface area contributed by atoms with Crippen molar-refractivity contribution in [3.05, 3.63) is 18.5 Å². The molecule has 5 heteroatoms. The molecule has 1 aromatic rings. The topological polar surface area (TPSA) is 53.3 Å². The first kappa shape index (κ1) is 16.9. The maximum Gasteiger partial charge on any atom is 0.0695 e. The fourth-order valence-corrected chi connectivity index (χ4v) is 4.16. The molecule has 0 aromatic carbocycles. The van der Waals surface area contributed by atoms with E-state index in [9.17, 15) is 5.11 Å². The highest BCUT2D eigenvalue weighted by Crippen LogP contribution is 2.26. The molecule has 3 atom stereocenters. The Labute approximate surface area is 140 Å². The van der Waals surface area contributed by atoms with Crippen LogP contribution >= 0.6 is 0 Å². The highest BCUT2D eigenvalue weighted by Gasteiger charge is 2.31. The second kappa shape index (κ2) is 8.27. The Kier molecular flexibility index (Phi) is 6.08. The third-order valence-electron chi connectivity index (χ3n) is 5.56. The van der Waals surface area contributed by atoms with E-state index in [-0.39, 0.29) is 6.10 Å². The van der Waals surface area contributed by atoms with E-state index in [2.05, 4.69) is 22.2 Å². The maximum absolute atomic E-state index is 10.2. The van der Waals surface area contributed by atoms with Gasteiger partial charge in [-0.25, -0.2) is 0 Å². The van der Waals surface area contributed by atoms with Crippen LogP contribution in [0.1, 0.15) is 51.9 Å². The molecule has 2 aliphatic rings. The zero-order valence-electron chi connectivity index (χ0n) is 14.4. The van der Waals surface area contributed by atoms with Crippen molar-refractivity contribution in [2.75, 3.05) is 13.1 Å². The number of aliphatic hydroxyl groups excluding tert-OH is 1. The summed E-state index contributed by atoms with van der Waals surface area (Å²) in [5, 5.41) is 18.3. The predicted molar refractivity (Wildman–Crippen MR) is 92.3 cm³/mol. The molecule has 1 aromatic heterocycles. The van der Waals surface area contributed by atoms with E-state index in [4.69, 9.17) is 0 Å². The van der Waals surface area contributed by atoms with Crippen LogP contribution in [0.15, 0.2) is 18.5 Å². The van der Waals surface area contributed by atoms with E-state index in [1.165, 1.54) is 32.1 Å². The number of rotatable bonds is 6. The second-order valence-electron chi connectivity index (χ2n) is 7.35. The van der Waals surface area contributed by atoms with Crippen LogP contribution in [-0.4, -0.2) is 57.1 Å². The zero-order valence-corrected chi connectivity index (χ0v) is 14.4. The van der Waals surface area contributed by atoms with Gasteiger partial charge in [0.1, 0.15) is 0 Å². The molecule has 0 bridgehead atoms. The van der Waals surface area contributed by atoms with Crippen molar-refractivity contribution in [1.29, 1.82) is 0 Å². The summed E-state index contributed by atoms with van der Waals surface area (Å²) in [6.45, 7) is 5.52. The van der Waals surface area contributed by atoms with E-state index in [1.54, 1.807) is 0 Å². The predicted octanol–water partition coefficient (Wildman–Crippen LogP) is 2.02. The van der Waals surface area contributed by atoms with Crippen LogP contribution in [0.3, 0.4) is 0 Å². The van der Waals surface area contributed by atoms with E-state index in [1.807, 2.05) is 23.1 Å². The van der Waals surface area contributed by atoms with Gasteiger partial charge in [-0.05, 0) is 45.1 Å². The quantitative estimate of drug-likeness (QED) is 0.842. The number of aryl methyl sites for hydroxylation is 1. The SMILES string of the molecule is CC(CCn1cccn1)NC1CCN(C2CCCCC2O)CC1. The molecule has 2 fully saturated rings. The molecule has 1 saturated carbocycles. The molecule has 130 valence electrons. The van der Waals surface area contributed by atoms with Gasteiger partial charge in [-0.15, -0.1) is 0 Å². The van der Waals surface area contributed by atoms with Crippen molar-refractivity contribution in [2.45, 2.75) is 82.6 Å². The monoisotopic (exact) mass is 320 g/mol. The Morgan fingerprint density at radius 3 is 2.70 bits per heavy atom. The van der Waals surface area contributed by atoms with Gasteiger partial charge < -0.3 is 10.4 Å². The van der Waals surface area contributed by atoms with Crippen LogP contribution in [0, 0.1) is 0 Å². The fourth-order valence-electron chi connectivity index (χ4n) is 4.16. The molecule has 1 saturated heterocycles. The zero-order chi connectivity index (χ0) is 16.1. The summed E-state index contributed by atoms with van der Waals surface area (Å²) in [5.41, 5.74) is 0. The molecule has 23 heavy (non-hydrogen) atoms. The Morgan fingerprint density at radius 2 is 2.00 bits per heavy atom. The number of nitrogens with one attached hydrogen (secondary N) is 1. The minimum absolute atomic E-state index is 0.0961. The highest BCUT2D eigenvalue weighted by molar-refractivity contribution is 4.88. The third kappa shape index (κ3) is 4.78. The number of aliphatic hydroxyl groups is 1. The van der Waals surface area contributed by atoms with Gasteiger partial charge in [0.05, 0.1) is 6.10 Å². The van der Waals surface area contributed by atoms with Gasteiger partial charge in [0.25, 0.3) is 0 Å². The van der Waals surface area contributed by atoms with Gasteiger partial charge in [0.15, 0.2) is 0 Å². The minimum atomic E-state index is -0.0961. The van der Waals surface area contributed by atoms with Crippen LogP contribution in [0.5, 0.6) is 0 Å². The van der Waals surface area contributed by atoms with Gasteiger partial charge in [-0.2, -0.15) is 5.10 Å². The van der Waals surface area contributed by atoms with Gasteiger partial charge in [0.2, 0.25) is 0 Å². The lowest BCUT2D eigenvalue weighted by molar-refractivity contribution is 0.00664. The van der Waals surface area contributed by atoms with Gasteiger partial charge >= 0.3 is 0 Å². The fraction of sp³-hybridized carbons (Fsp3) is 0.833. The summed E-state index contributed by atoms with van der Waals surface area (Å²) >= 11 is 0. The number of likely N-dealkylation sites (tertiary alicyclic amines) is 1. The first-order chi connectivity index (χ1) is 11.2. The minimum Gasteiger partial charge on any atom is -0.391 e. The van der Waals surface area contributed by atoms with Crippen molar-refractivity contribution in [2.24, 2.45) is 0 Å². The second-order valence-corrected chi connectivity index (χ2v) is 7.35. The van der Waals surface area contributed by atoms with Gasteiger partial charge in [-0.1, -0.05) is 12.8 Å². The molecule has 2 N–H and O–H groups in total. The van der Waals surface area contributed by atoms with Crippen molar-refractivity contribution >= 4 is 0 Å². The van der Waals surface area contributed by atoms with Gasteiger partial charge in [0, 0.05) is 50.2 Å². The molecule has 0 radical (unpaired) electrons. The Morgan fingerprint density at radius 1 is 1.22 bits per heavy atom. The number of piperidine rings is 1. The van der Waals surface area contributed by atoms with E-state index >= 15 is 0 Å². The lowest BCUT2D eigenvalue weighted by atomic mass is 9.89. The maximum atomic E-state index is 10.2. The number of nitrogens with zero attached hydrogens (tertiary/aromatic N) is 3. The highest BCUT2D eigenvalue weighted by atomic mass is 16.3. The summed E-state index contributed by atoms with van der Waals surface area (Å²) in [5.74, 6) is 0. The van der Waals surface area contributed by atoms with Crippen molar-refractivity contribution in [1.82, 2.24) is 20.0 Å². The molecule has 0 spiro atoms. The molecule has 3 rings (SSSR count). The van der Waals surface area contributed by atoms with Crippen LogP contribution < -0.4 is 5.32 Å². The summed E-state index contributed by atoms with van der Waals surface area (Å²) in [7, 11) is 0. The van der Waals surface area contributed by atoms with Crippen molar-refractivity contribution in [3.63, 3.8) is 0 Å². The van der Waals surface area contributed by atoms with Crippen molar-refractivity contribution < 1.29 is 5.11 Å². The van der Waals surface area contributed by atoms with Crippen LogP contribution in [0.4, 0.5) is 0 Å². The number of hydrogen-bond acceptors (Lipinski definition) is 4. The molecule has 1 aliphatic heterocycles. The summed E-state index contributed by atoms with van der Waals surface area (Å²) < 4.78 is 2.01. The summed E-state index contributed by atoms with van der Waals surface area (Å²) in [6.07, 6.45) is 11.9. The van der Waals surface area contributed by atoms with E-state index < -0.39 is 0 Å². The Balaban J connectivity index is 1.37. The average molecular weight is 320 g/mol. The van der Waals surface area contributed by atoms with Gasteiger partial charge in [-0.3, -0.25) is 9.58 Å². The first-order valence-corrected chi connectivity index (χ1v) is 9.38.